The van der Waals surface area contributed by atoms with Gasteiger partial charge in [0.1, 0.15) is 11.8 Å². The number of nitrogens with two attached hydrogens (primary N) is 1. The molecule has 0 aliphatic rings. The molecule has 0 spiro atoms. The van der Waals surface area contributed by atoms with Gasteiger partial charge < -0.3 is 10.5 Å². The number of hydrogen-bond acceptors (Lipinski definition) is 4. The van der Waals surface area contributed by atoms with Crippen LogP contribution in [0.5, 0.6) is 5.75 Å². The summed E-state index contributed by atoms with van der Waals surface area (Å²) in [4.78, 5) is 4.30. The molecule has 0 bridgehead atoms. The van der Waals surface area contributed by atoms with Crippen LogP contribution in [0.25, 0.3) is 0 Å². The third-order valence-electron chi connectivity index (χ3n) is 1.75. The van der Waals surface area contributed by atoms with E-state index >= 15 is 0 Å². The summed E-state index contributed by atoms with van der Waals surface area (Å²) >= 11 is 0. The molecule has 0 aliphatic heterocycles. The Bertz CT molecular complexity index is 344. The molecule has 0 fully saturated rings. The van der Waals surface area contributed by atoms with E-state index in [0.717, 1.165) is 11.4 Å². The van der Waals surface area contributed by atoms with E-state index in [4.69, 9.17) is 15.7 Å². The van der Waals surface area contributed by atoms with E-state index in [1.165, 1.54) is 0 Å². The van der Waals surface area contributed by atoms with E-state index in [0.29, 0.717) is 18.7 Å². The maximum Gasteiger partial charge on any atom is 0.174 e. The third kappa shape index (κ3) is 2.71. The summed E-state index contributed by atoms with van der Waals surface area (Å²) in [6.45, 7) is 2.48. The predicted octanol–water partition coefficient (Wildman–Crippen LogP) is 0.794. The van der Waals surface area contributed by atoms with Crippen LogP contribution in [-0.2, 0) is 6.42 Å². The lowest BCUT2D eigenvalue weighted by Crippen LogP contribution is -2.08. The average molecular weight is 191 g/mol. The first-order valence-electron chi connectivity index (χ1n) is 4.44. The number of rotatable bonds is 4. The molecule has 1 aromatic rings. The summed E-state index contributed by atoms with van der Waals surface area (Å²) in [5, 5.41) is 8.38. The van der Waals surface area contributed by atoms with Crippen molar-refractivity contribution < 1.29 is 4.74 Å². The number of hydrogen-bond donors (Lipinski definition) is 1. The van der Waals surface area contributed by atoms with E-state index in [2.05, 4.69) is 4.98 Å². The Morgan fingerprint density at radius 2 is 2.36 bits per heavy atom. The van der Waals surface area contributed by atoms with Gasteiger partial charge in [0.25, 0.3) is 0 Å². The van der Waals surface area contributed by atoms with Crippen molar-refractivity contribution in [3.63, 3.8) is 0 Å². The maximum absolute atomic E-state index is 8.38. The number of pyridine rings is 1. The fraction of sp³-hybridized carbons (Fsp3) is 0.400. The second kappa shape index (κ2) is 5.20. The van der Waals surface area contributed by atoms with E-state index in [9.17, 15) is 0 Å². The Morgan fingerprint density at radius 1 is 1.57 bits per heavy atom. The zero-order valence-corrected chi connectivity index (χ0v) is 8.16. The molecule has 0 aromatic carbocycles. The molecular formula is C10H13N3O. The molecule has 0 saturated heterocycles. The van der Waals surface area contributed by atoms with E-state index in [-0.39, 0.29) is 6.61 Å². The van der Waals surface area contributed by atoms with Crippen molar-refractivity contribution >= 4 is 0 Å². The Morgan fingerprint density at radius 3 is 3.00 bits per heavy atom. The number of aryl methyl sites for hydroxylation is 1. The lowest BCUT2D eigenvalue weighted by molar-refractivity contribution is 0.361. The largest absolute Gasteiger partial charge is 0.477 e. The van der Waals surface area contributed by atoms with E-state index in [1.54, 1.807) is 0 Å². The first kappa shape index (κ1) is 10.5. The van der Waals surface area contributed by atoms with Crippen LogP contribution in [0.15, 0.2) is 12.1 Å². The molecule has 14 heavy (non-hydrogen) atoms. The van der Waals surface area contributed by atoms with E-state index < -0.39 is 0 Å². The van der Waals surface area contributed by atoms with Gasteiger partial charge in [-0.25, -0.2) is 0 Å². The molecule has 0 aliphatic carbocycles. The Hall–Kier alpha value is -1.60. The van der Waals surface area contributed by atoms with Crippen molar-refractivity contribution in [2.75, 3.05) is 13.2 Å². The van der Waals surface area contributed by atoms with Crippen molar-refractivity contribution in [3.8, 4) is 11.8 Å². The molecule has 0 amide bonds. The highest BCUT2D eigenvalue weighted by molar-refractivity contribution is 5.29. The molecule has 1 rings (SSSR count). The van der Waals surface area contributed by atoms with Gasteiger partial charge in [-0.2, -0.15) is 5.26 Å². The van der Waals surface area contributed by atoms with Crippen LogP contribution in [0.4, 0.5) is 0 Å². The van der Waals surface area contributed by atoms with Crippen LogP contribution in [0.2, 0.25) is 0 Å². The van der Waals surface area contributed by atoms with Crippen LogP contribution in [0, 0.1) is 18.3 Å². The molecule has 0 atom stereocenters. The Labute approximate surface area is 83.3 Å². The van der Waals surface area contributed by atoms with Crippen LogP contribution < -0.4 is 10.5 Å². The van der Waals surface area contributed by atoms with Crippen LogP contribution in [0.3, 0.4) is 0 Å². The molecular weight excluding hydrogens is 178 g/mol. The molecule has 0 saturated carbocycles. The summed E-state index contributed by atoms with van der Waals surface area (Å²) in [5.74, 6) is 0.655. The zero-order chi connectivity index (χ0) is 10.4. The highest BCUT2D eigenvalue weighted by Gasteiger charge is 2.04. The standard InChI is InChI=1S/C10H13N3O/c1-8-2-3-10(14-7-6-12)9(13-8)4-5-11/h2-3H,4-5,7,11H2,1H3. The second-order valence-electron chi connectivity index (χ2n) is 2.88. The minimum Gasteiger partial charge on any atom is -0.477 e. The lowest BCUT2D eigenvalue weighted by atomic mass is 10.2. The van der Waals surface area contributed by atoms with Gasteiger partial charge in [0.05, 0.1) is 5.69 Å². The summed E-state index contributed by atoms with van der Waals surface area (Å²) < 4.78 is 5.21. The zero-order valence-electron chi connectivity index (χ0n) is 8.16. The smallest absolute Gasteiger partial charge is 0.174 e. The van der Waals surface area contributed by atoms with E-state index in [1.807, 2.05) is 25.1 Å². The minimum absolute atomic E-state index is 0.0440. The number of aromatic nitrogens is 1. The quantitative estimate of drug-likeness (QED) is 0.763. The Balaban J connectivity index is 2.85. The molecule has 4 nitrogen and oxygen atoms in total. The summed E-state index contributed by atoms with van der Waals surface area (Å²) in [6.07, 6.45) is 0.669. The van der Waals surface area contributed by atoms with Crippen LogP contribution in [-0.4, -0.2) is 18.1 Å². The van der Waals surface area contributed by atoms with Crippen molar-refractivity contribution in [2.24, 2.45) is 5.73 Å². The van der Waals surface area contributed by atoms with Gasteiger partial charge >= 0.3 is 0 Å². The van der Waals surface area contributed by atoms with Crippen molar-refractivity contribution in [1.29, 1.82) is 5.26 Å². The fourth-order valence-corrected chi connectivity index (χ4v) is 1.15. The van der Waals surface area contributed by atoms with Crippen LogP contribution >= 0.6 is 0 Å². The topological polar surface area (TPSA) is 71.9 Å². The maximum atomic E-state index is 8.38. The molecule has 4 heteroatoms. The van der Waals surface area contributed by atoms with Crippen molar-refractivity contribution in [3.05, 3.63) is 23.5 Å². The monoisotopic (exact) mass is 191 g/mol. The first-order valence-corrected chi connectivity index (χ1v) is 4.44. The number of nitrogens with zero attached hydrogens (tertiary/aromatic N) is 2. The molecule has 1 heterocycles. The molecule has 0 unspecified atom stereocenters. The van der Waals surface area contributed by atoms with Crippen molar-refractivity contribution in [2.45, 2.75) is 13.3 Å². The summed E-state index contributed by atoms with van der Waals surface area (Å²) in [6, 6.07) is 5.60. The summed E-state index contributed by atoms with van der Waals surface area (Å²) in [7, 11) is 0. The van der Waals surface area contributed by atoms with Gasteiger partial charge in [0.15, 0.2) is 6.61 Å². The first-order chi connectivity index (χ1) is 6.77. The van der Waals surface area contributed by atoms with Gasteiger partial charge in [0, 0.05) is 12.1 Å². The van der Waals surface area contributed by atoms with Crippen LogP contribution in [0.1, 0.15) is 11.4 Å². The fourth-order valence-electron chi connectivity index (χ4n) is 1.15. The number of nitriles is 1. The average Bonchev–Trinajstić information content (AvgIpc) is 2.17. The van der Waals surface area contributed by atoms with Gasteiger partial charge in [-0.15, -0.1) is 0 Å². The van der Waals surface area contributed by atoms with Gasteiger partial charge in [-0.1, -0.05) is 0 Å². The SMILES string of the molecule is Cc1ccc(OCC#N)c(CCN)n1. The normalized spacial score (nSPS) is 9.50. The predicted molar refractivity (Wildman–Crippen MR) is 52.8 cm³/mol. The number of ether oxygens (including phenoxy) is 1. The Kier molecular flexibility index (Phi) is 3.89. The van der Waals surface area contributed by atoms with Gasteiger partial charge in [-0.05, 0) is 25.6 Å². The molecule has 0 radical (unpaired) electrons. The van der Waals surface area contributed by atoms with Gasteiger partial charge in [-0.3, -0.25) is 4.98 Å². The van der Waals surface area contributed by atoms with Crippen molar-refractivity contribution in [1.82, 2.24) is 4.98 Å². The lowest BCUT2D eigenvalue weighted by Gasteiger charge is -2.07. The summed E-state index contributed by atoms with van der Waals surface area (Å²) in [5.41, 5.74) is 7.20. The third-order valence-corrected chi connectivity index (χ3v) is 1.75. The highest BCUT2D eigenvalue weighted by Crippen LogP contribution is 2.16. The molecule has 74 valence electrons. The highest BCUT2D eigenvalue weighted by atomic mass is 16.5. The molecule has 2 N–H and O–H groups in total. The molecule has 1 aromatic heterocycles. The minimum atomic E-state index is 0.0440. The van der Waals surface area contributed by atoms with Gasteiger partial charge in [0.2, 0.25) is 0 Å². The second-order valence-corrected chi connectivity index (χ2v) is 2.88.